The second kappa shape index (κ2) is 7.68. The second-order valence-electron chi connectivity index (χ2n) is 5.88. The molecule has 0 bridgehead atoms. The highest BCUT2D eigenvalue weighted by Gasteiger charge is 2.34. The normalized spacial score (nSPS) is 20.2. The Bertz CT molecular complexity index is 418. The van der Waals surface area contributed by atoms with Gasteiger partial charge in [0.05, 0.1) is 12.2 Å². The Labute approximate surface area is 130 Å². The summed E-state index contributed by atoms with van der Waals surface area (Å²) in [5.74, 6) is -0.474. The molecule has 1 aliphatic heterocycles. The summed E-state index contributed by atoms with van der Waals surface area (Å²) >= 11 is 1.57. The van der Waals surface area contributed by atoms with Crippen molar-refractivity contribution in [2.75, 3.05) is 19.9 Å². The second-order valence-corrected chi connectivity index (χ2v) is 6.76. The molecule has 120 valence electrons. The van der Waals surface area contributed by atoms with Gasteiger partial charge in [0.1, 0.15) is 11.6 Å². The molecule has 0 fully saturated rings. The number of methoxy groups -OCH3 is 1. The first kappa shape index (κ1) is 17.8. The van der Waals surface area contributed by atoms with Crippen LogP contribution in [0.4, 0.5) is 4.79 Å². The van der Waals surface area contributed by atoms with Crippen molar-refractivity contribution in [3.8, 4) is 0 Å². The average Bonchev–Trinajstić information content (AvgIpc) is 2.42. The number of nitrogens with zero attached hydrogens (tertiary/aromatic N) is 1. The van der Waals surface area contributed by atoms with Crippen LogP contribution in [0, 0.1) is 5.92 Å². The van der Waals surface area contributed by atoms with Crippen molar-refractivity contribution in [2.45, 2.75) is 45.3 Å². The van der Waals surface area contributed by atoms with E-state index in [1.54, 1.807) is 32.5 Å². The topological polar surface area (TPSA) is 77.0 Å². The third kappa shape index (κ3) is 5.95. The number of ether oxygens (including phenoxy) is 2. The van der Waals surface area contributed by atoms with E-state index < -0.39 is 23.7 Å². The molecule has 1 heterocycles. The number of hydrogen-bond donors (Lipinski definition) is 1. The van der Waals surface area contributed by atoms with Crippen molar-refractivity contribution >= 4 is 28.9 Å². The molecule has 2 unspecified atom stereocenters. The molecular weight excluding hydrogens is 292 g/mol. The number of rotatable bonds is 3. The number of nitrogens with one attached hydrogen (secondary N) is 1. The average molecular weight is 316 g/mol. The smallest absolute Gasteiger partial charge is 0.408 e. The number of carbonyl (C=O) groups is 2. The molecule has 21 heavy (non-hydrogen) atoms. The van der Waals surface area contributed by atoms with Crippen LogP contribution in [0.25, 0.3) is 0 Å². The van der Waals surface area contributed by atoms with Crippen LogP contribution in [0.2, 0.25) is 0 Å². The van der Waals surface area contributed by atoms with E-state index in [2.05, 4.69) is 10.3 Å². The van der Waals surface area contributed by atoms with Crippen LogP contribution in [-0.4, -0.2) is 48.7 Å². The van der Waals surface area contributed by atoms with Gasteiger partial charge in [0, 0.05) is 13.0 Å². The zero-order chi connectivity index (χ0) is 16.0. The van der Waals surface area contributed by atoms with Crippen molar-refractivity contribution in [1.29, 1.82) is 0 Å². The highest BCUT2D eigenvalue weighted by Crippen LogP contribution is 2.24. The predicted octanol–water partition coefficient (Wildman–Crippen LogP) is 2.22. The molecule has 0 aromatic heterocycles. The highest BCUT2D eigenvalue weighted by molar-refractivity contribution is 8.13. The van der Waals surface area contributed by atoms with Crippen molar-refractivity contribution in [1.82, 2.24) is 5.32 Å². The number of hydrogen-bond acceptors (Lipinski definition) is 6. The van der Waals surface area contributed by atoms with Crippen LogP contribution in [0.5, 0.6) is 0 Å². The quantitative estimate of drug-likeness (QED) is 0.808. The molecule has 1 N–H and O–H groups in total. The zero-order valence-corrected chi connectivity index (χ0v) is 14.1. The third-order valence-corrected chi connectivity index (χ3v) is 3.83. The molecule has 0 radical (unpaired) electrons. The molecule has 1 rings (SSSR count). The number of esters is 1. The van der Waals surface area contributed by atoms with Crippen molar-refractivity contribution in [3.63, 3.8) is 0 Å². The summed E-state index contributed by atoms with van der Waals surface area (Å²) < 4.78 is 10.0. The summed E-state index contributed by atoms with van der Waals surface area (Å²) in [7, 11) is 1.32. The highest BCUT2D eigenvalue weighted by atomic mass is 32.2. The van der Waals surface area contributed by atoms with Crippen LogP contribution >= 0.6 is 11.8 Å². The molecular formula is C14H24N2O4S. The fraction of sp³-hybridized carbons (Fsp3) is 0.786. The SMILES string of the molecule is COC(=O)C(NC(=O)OC(C)(C)C)C1CCN=C(SC)C1. The Balaban J connectivity index is 2.75. The maximum Gasteiger partial charge on any atom is 0.408 e. The van der Waals surface area contributed by atoms with Gasteiger partial charge in [-0.1, -0.05) is 0 Å². The number of alkyl carbamates (subject to hydrolysis) is 1. The lowest BCUT2D eigenvalue weighted by Crippen LogP contribution is -2.49. The van der Waals surface area contributed by atoms with E-state index in [1.165, 1.54) is 7.11 Å². The first-order valence-corrected chi connectivity index (χ1v) is 8.14. The molecule has 1 aliphatic rings. The van der Waals surface area contributed by atoms with Crippen molar-refractivity contribution < 1.29 is 19.1 Å². The molecule has 1 amide bonds. The van der Waals surface area contributed by atoms with Crippen LogP contribution in [0.15, 0.2) is 4.99 Å². The Kier molecular flexibility index (Phi) is 6.51. The van der Waals surface area contributed by atoms with E-state index in [-0.39, 0.29) is 5.92 Å². The molecule has 6 nitrogen and oxygen atoms in total. The van der Waals surface area contributed by atoms with Gasteiger partial charge in [0.25, 0.3) is 0 Å². The Morgan fingerprint density at radius 2 is 2.10 bits per heavy atom. The van der Waals surface area contributed by atoms with Gasteiger partial charge >= 0.3 is 12.1 Å². The van der Waals surface area contributed by atoms with E-state index in [0.717, 1.165) is 11.5 Å². The molecule has 0 saturated heterocycles. The lowest BCUT2D eigenvalue weighted by Gasteiger charge is -2.29. The largest absolute Gasteiger partial charge is 0.467 e. The van der Waals surface area contributed by atoms with Crippen LogP contribution in [0.3, 0.4) is 0 Å². The zero-order valence-electron chi connectivity index (χ0n) is 13.3. The van der Waals surface area contributed by atoms with Crippen molar-refractivity contribution in [3.05, 3.63) is 0 Å². The van der Waals surface area contributed by atoms with Crippen LogP contribution < -0.4 is 5.32 Å². The minimum absolute atomic E-state index is 0.0232. The number of thioether (sulfide) groups is 1. The number of carbonyl (C=O) groups excluding carboxylic acids is 2. The Morgan fingerprint density at radius 1 is 1.43 bits per heavy atom. The van der Waals surface area contributed by atoms with Gasteiger partial charge in [-0.05, 0) is 39.4 Å². The summed E-state index contributed by atoms with van der Waals surface area (Å²) in [5, 5.41) is 3.63. The lowest BCUT2D eigenvalue weighted by molar-refractivity contribution is -0.144. The van der Waals surface area contributed by atoms with Crippen molar-refractivity contribution in [2.24, 2.45) is 10.9 Å². The summed E-state index contributed by atoms with van der Waals surface area (Å²) in [4.78, 5) is 28.3. The Hall–Kier alpha value is -1.24. The van der Waals surface area contributed by atoms with E-state index in [4.69, 9.17) is 9.47 Å². The van der Waals surface area contributed by atoms with Gasteiger partial charge in [-0.15, -0.1) is 11.8 Å². The number of amides is 1. The maximum absolute atomic E-state index is 12.0. The summed E-state index contributed by atoms with van der Waals surface area (Å²) in [6.07, 6.45) is 2.75. The molecule has 2 atom stereocenters. The van der Waals surface area contributed by atoms with Gasteiger partial charge in [-0.25, -0.2) is 9.59 Å². The van der Waals surface area contributed by atoms with Crippen LogP contribution in [-0.2, 0) is 14.3 Å². The van der Waals surface area contributed by atoms with Gasteiger partial charge < -0.3 is 14.8 Å². The third-order valence-electron chi connectivity index (χ3n) is 3.06. The summed E-state index contributed by atoms with van der Waals surface area (Å²) in [6.45, 7) is 5.99. The van der Waals surface area contributed by atoms with E-state index >= 15 is 0 Å². The van der Waals surface area contributed by atoms with E-state index in [9.17, 15) is 9.59 Å². The molecule has 0 spiro atoms. The van der Waals surface area contributed by atoms with Gasteiger partial charge in [-0.2, -0.15) is 0 Å². The monoisotopic (exact) mass is 316 g/mol. The van der Waals surface area contributed by atoms with E-state index in [1.807, 2.05) is 6.26 Å². The van der Waals surface area contributed by atoms with E-state index in [0.29, 0.717) is 13.0 Å². The standard InChI is InChI=1S/C14H24N2O4S/c1-14(2,3)20-13(18)16-11(12(17)19-4)9-6-7-15-10(8-9)21-5/h9,11H,6-8H2,1-5H3,(H,16,18). The predicted molar refractivity (Wildman–Crippen MR) is 83.7 cm³/mol. The fourth-order valence-corrected chi connectivity index (χ4v) is 2.71. The minimum atomic E-state index is -0.706. The first-order valence-electron chi connectivity index (χ1n) is 6.91. The van der Waals surface area contributed by atoms with Gasteiger partial charge in [0.15, 0.2) is 0 Å². The fourth-order valence-electron chi connectivity index (χ4n) is 2.11. The minimum Gasteiger partial charge on any atom is -0.467 e. The molecule has 0 aromatic carbocycles. The molecule has 0 aromatic rings. The van der Waals surface area contributed by atoms with Gasteiger partial charge in [-0.3, -0.25) is 4.99 Å². The lowest BCUT2D eigenvalue weighted by atomic mass is 9.91. The summed E-state index contributed by atoms with van der Waals surface area (Å²) in [5.41, 5.74) is -0.608. The molecule has 0 aliphatic carbocycles. The summed E-state index contributed by atoms with van der Waals surface area (Å²) in [6, 6.07) is -0.706. The number of aliphatic imine (C=N–C) groups is 1. The molecule has 7 heteroatoms. The first-order chi connectivity index (χ1) is 9.76. The van der Waals surface area contributed by atoms with Crippen LogP contribution in [0.1, 0.15) is 33.6 Å². The Morgan fingerprint density at radius 3 is 2.62 bits per heavy atom. The van der Waals surface area contributed by atoms with Gasteiger partial charge in [0.2, 0.25) is 0 Å². The molecule has 0 saturated carbocycles. The maximum atomic E-state index is 12.0.